The summed E-state index contributed by atoms with van der Waals surface area (Å²) in [4.78, 5) is 12.4. The van der Waals surface area contributed by atoms with Crippen LogP contribution in [0.25, 0.3) is 0 Å². The second-order valence-corrected chi connectivity index (χ2v) is 7.76. The molecule has 0 aliphatic heterocycles. The van der Waals surface area contributed by atoms with Crippen molar-refractivity contribution in [2.75, 3.05) is 0 Å². The van der Waals surface area contributed by atoms with Crippen LogP contribution in [0, 0.1) is 35.0 Å². The van der Waals surface area contributed by atoms with Gasteiger partial charge in [0.1, 0.15) is 5.78 Å². The van der Waals surface area contributed by atoms with E-state index in [9.17, 15) is 9.90 Å². The van der Waals surface area contributed by atoms with E-state index in [4.69, 9.17) is 4.11 Å². The van der Waals surface area contributed by atoms with Crippen LogP contribution in [0.2, 0.25) is 0 Å². The van der Waals surface area contributed by atoms with Gasteiger partial charge < -0.3 is 5.11 Å². The number of ketones is 1. The van der Waals surface area contributed by atoms with Gasteiger partial charge in [-0.25, -0.2) is 0 Å². The second kappa shape index (κ2) is 4.56. The molecular weight excluding hydrogens is 248 g/mol. The maximum Gasteiger partial charge on any atom is 0.139 e. The van der Waals surface area contributed by atoms with Crippen molar-refractivity contribution in [1.29, 1.82) is 0 Å². The fourth-order valence-corrected chi connectivity index (χ4v) is 5.95. The molecule has 0 saturated heterocycles. The van der Waals surface area contributed by atoms with Gasteiger partial charge in [0.25, 0.3) is 0 Å². The Bertz CT molecular complexity index is 522. The summed E-state index contributed by atoms with van der Waals surface area (Å²) in [6.45, 7) is 2.14. The third kappa shape index (κ3) is 1.76. The molecule has 0 amide bonds. The molecule has 0 heterocycles. The van der Waals surface area contributed by atoms with Crippen LogP contribution in [-0.2, 0) is 4.79 Å². The summed E-state index contributed by atoms with van der Waals surface area (Å²) in [5.41, 5.74) is -0.168. The fraction of sp³-hybridized carbons (Fsp3) is 0.944. The Morgan fingerprint density at radius 1 is 1.20 bits per heavy atom. The fourth-order valence-electron chi connectivity index (χ4n) is 5.95. The van der Waals surface area contributed by atoms with Crippen molar-refractivity contribution >= 4 is 5.78 Å². The molecule has 112 valence electrons. The van der Waals surface area contributed by atoms with Crippen LogP contribution in [0.5, 0.6) is 0 Å². The van der Waals surface area contributed by atoms with Gasteiger partial charge >= 0.3 is 0 Å². The minimum absolute atomic E-state index is 0.168. The van der Waals surface area contributed by atoms with Crippen LogP contribution in [-0.4, -0.2) is 17.0 Å². The van der Waals surface area contributed by atoms with Crippen LogP contribution in [0.1, 0.15) is 68.8 Å². The quantitative estimate of drug-likeness (QED) is 0.736. The molecule has 0 bridgehead atoms. The predicted molar refractivity (Wildman–Crippen MR) is 78.1 cm³/mol. The van der Waals surface area contributed by atoms with Crippen LogP contribution in [0.15, 0.2) is 0 Å². The van der Waals surface area contributed by atoms with Gasteiger partial charge in [0.15, 0.2) is 0 Å². The standard InChI is InChI=1S/C18H28O2/c1-18-9-8-14-13-5-3-12(19)10-11(13)2-4-15(14)16(18)6-7-17(18)20/h11-16,19H,2-10H2,1H3/t11?,12-,13?,14?,15?,16?,18-/m0/s1/i2D,10D,12D/t2-,10?,11?,12-,13?,14?,15?,16?,18-. The number of carbonyl (C=O) groups is 1. The molecule has 0 spiro atoms. The number of fused-ring (bicyclic) bond motifs is 5. The summed E-state index contributed by atoms with van der Waals surface area (Å²) in [5.74, 6) is 1.90. The molecule has 4 rings (SSSR count). The molecule has 9 atom stereocenters. The van der Waals surface area contributed by atoms with E-state index in [0.717, 1.165) is 32.1 Å². The molecule has 20 heavy (non-hydrogen) atoms. The van der Waals surface area contributed by atoms with E-state index in [-0.39, 0.29) is 17.7 Å². The largest absolute Gasteiger partial charge is 0.393 e. The van der Waals surface area contributed by atoms with Crippen molar-refractivity contribution in [2.45, 2.75) is 70.7 Å². The summed E-state index contributed by atoms with van der Waals surface area (Å²) in [7, 11) is 0. The van der Waals surface area contributed by atoms with E-state index in [2.05, 4.69) is 6.92 Å². The molecule has 4 saturated carbocycles. The van der Waals surface area contributed by atoms with E-state index >= 15 is 0 Å². The summed E-state index contributed by atoms with van der Waals surface area (Å²) in [6, 6.07) is 0. The molecule has 0 aromatic rings. The van der Waals surface area contributed by atoms with Gasteiger partial charge in [-0.2, -0.15) is 0 Å². The maximum absolute atomic E-state index is 12.4. The van der Waals surface area contributed by atoms with Crippen LogP contribution >= 0.6 is 0 Å². The molecule has 0 aromatic carbocycles. The predicted octanol–water partition coefficient (Wildman–Crippen LogP) is 3.57. The average molecular weight is 279 g/mol. The van der Waals surface area contributed by atoms with E-state index in [1.54, 1.807) is 0 Å². The highest BCUT2D eigenvalue weighted by atomic mass is 16.3. The maximum atomic E-state index is 12.4. The molecule has 6 unspecified atom stereocenters. The zero-order chi connectivity index (χ0) is 16.6. The lowest BCUT2D eigenvalue weighted by atomic mass is 9.50. The minimum atomic E-state index is -1.68. The molecule has 4 aliphatic carbocycles. The van der Waals surface area contributed by atoms with Crippen molar-refractivity contribution in [2.24, 2.45) is 35.0 Å². The van der Waals surface area contributed by atoms with Gasteiger partial charge in [-0.3, -0.25) is 4.79 Å². The molecule has 0 radical (unpaired) electrons. The zero-order valence-electron chi connectivity index (χ0n) is 15.3. The lowest BCUT2D eigenvalue weighted by Gasteiger charge is -2.54. The van der Waals surface area contributed by atoms with E-state index < -0.39 is 12.5 Å². The highest BCUT2D eigenvalue weighted by Crippen LogP contribution is 2.61. The lowest BCUT2D eigenvalue weighted by Crippen LogP contribution is -2.49. The first-order valence-corrected chi connectivity index (χ1v) is 8.36. The monoisotopic (exact) mass is 279 g/mol. The molecule has 1 N–H and O–H groups in total. The molecular formula is C18H28O2. The van der Waals surface area contributed by atoms with Gasteiger partial charge in [0.2, 0.25) is 0 Å². The van der Waals surface area contributed by atoms with Gasteiger partial charge in [-0.05, 0) is 80.9 Å². The van der Waals surface area contributed by atoms with Crippen molar-refractivity contribution < 1.29 is 14.0 Å². The Labute approximate surface area is 126 Å². The van der Waals surface area contributed by atoms with Crippen LogP contribution in [0.4, 0.5) is 0 Å². The van der Waals surface area contributed by atoms with Gasteiger partial charge in [0, 0.05) is 14.6 Å². The number of aliphatic hydroxyl groups is 1. The number of carbonyl (C=O) groups excluding carboxylic acids is 1. The number of Topliss-reactive ketones (excluding diaryl/α,β-unsaturated/α-hetero) is 1. The van der Waals surface area contributed by atoms with Crippen LogP contribution in [0.3, 0.4) is 0 Å². The third-order valence-corrected chi connectivity index (χ3v) is 7.04. The number of rotatable bonds is 0. The van der Waals surface area contributed by atoms with Crippen molar-refractivity contribution in [1.82, 2.24) is 0 Å². The normalized spacial score (nSPS) is 68.2. The Morgan fingerprint density at radius 3 is 2.90 bits per heavy atom. The Hall–Kier alpha value is -0.370. The molecule has 4 aliphatic rings. The highest BCUT2D eigenvalue weighted by molar-refractivity contribution is 5.87. The van der Waals surface area contributed by atoms with E-state index in [0.29, 0.717) is 42.3 Å². The Kier molecular flexibility index (Phi) is 2.37. The Morgan fingerprint density at radius 2 is 2.05 bits per heavy atom. The number of hydrogen-bond donors (Lipinski definition) is 1. The SMILES string of the molecule is [2H]C1C2C(CC[C@]1([2H])O)C1CC[C@]3(C)C(=O)CCC3C1C[C@@H]2[2H]. The van der Waals surface area contributed by atoms with Crippen molar-refractivity contribution in [3.8, 4) is 0 Å². The first-order chi connectivity index (χ1) is 10.8. The van der Waals surface area contributed by atoms with Crippen molar-refractivity contribution in [3.63, 3.8) is 0 Å². The first kappa shape index (κ1) is 10.4. The molecule has 4 fully saturated rings. The number of hydrogen-bond acceptors (Lipinski definition) is 2. The van der Waals surface area contributed by atoms with Gasteiger partial charge in [0.05, 0.1) is 7.45 Å². The summed E-state index contributed by atoms with van der Waals surface area (Å²) in [5, 5.41) is 10.2. The summed E-state index contributed by atoms with van der Waals surface area (Å²) < 4.78 is 24.9. The van der Waals surface area contributed by atoms with E-state index in [1.165, 1.54) is 0 Å². The van der Waals surface area contributed by atoms with Crippen LogP contribution < -0.4 is 0 Å². The summed E-state index contributed by atoms with van der Waals surface area (Å²) in [6.07, 6.45) is 2.65. The third-order valence-electron chi connectivity index (χ3n) is 7.04. The average Bonchev–Trinajstić information content (AvgIpc) is 2.79. The summed E-state index contributed by atoms with van der Waals surface area (Å²) >= 11 is 0. The van der Waals surface area contributed by atoms with E-state index in [1.807, 2.05) is 0 Å². The van der Waals surface area contributed by atoms with Gasteiger partial charge in [-0.1, -0.05) is 6.92 Å². The zero-order valence-corrected chi connectivity index (χ0v) is 12.3. The molecule has 2 heteroatoms. The lowest BCUT2D eigenvalue weighted by molar-refractivity contribution is -0.133. The second-order valence-electron chi connectivity index (χ2n) is 7.76. The first-order valence-electron chi connectivity index (χ1n) is 10.0. The smallest absolute Gasteiger partial charge is 0.139 e. The minimum Gasteiger partial charge on any atom is -0.393 e. The van der Waals surface area contributed by atoms with Crippen molar-refractivity contribution in [3.05, 3.63) is 0 Å². The highest BCUT2D eigenvalue weighted by Gasteiger charge is 2.56. The molecule has 2 nitrogen and oxygen atoms in total. The Balaban J connectivity index is 1.64. The van der Waals surface area contributed by atoms with Gasteiger partial charge in [-0.15, -0.1) is 0 Å². The topological polar surface area (TPSA) is 37.3 Å². The molecule has 0 aromatic heterocycles.